The van der Waals surface area contributed by atoms with Crippen molar-refractivity contribution in [3.8, 4) is 5.69 Å². The Morgan fingerprint density at radius 1 is 1.09 bits per heavy atom. The van der Waals surface area contributed by atoms with Crippen LogP contribution < -0.4 is 50.9 Å². The smallest absolute Gasteiger partial charge is 0.550 e. The largest absolute Gasteiger partial charge is 1.00 e. The number of para-hydroxylation sites is 1. The number of rotatable bonds is 6. The third-order valence-electron chi connectivity index (χ3n) is 4.95. The van der Waals surface area contributed by atoms with Gasteiger partial charge in [0.15, 0.2) is 11.8 Å². The van der Waals surface area contributed by atoms with Crippen molar-refractivity contribution >= 4 is 23.7 Å². The van der Waals surface area contributed by atoms with Crippen LogP contribution in [0.2, 0.25) is 0 Å². The molecule has 2 aromatic rings. The molecule has 1 aliphatic rings. The molecule has 1 aliphatic heterocycles. The molecule has 3 rings (SSSR count). The van der Waals surface area contributed by atoms with Crippen LogP contribution in [-0.2, 0) is 14.4 Å². The third-order valence-corrected chi connectivity index (χ3v) is 4.95. The van der Waals surface area contributed by atoms with Crippen LogP contribution >= 0.6 is 0 Å². The second-order valence-corrected chi connectivity index (χ2v) is 7.31. The Hall–Kier alpha value is -3.21. The van der Waals surface area contributed by atoms with E-state index in [1.807, 2.05) is 0 Å². The molecule has 0 aliphatic carbocycles. The number of pyridine rings is 1. The molecule has 166 valence electrons. The van der Waals surface area contributed by atoms with Gasteiger partial charge in [-0.3, -0.25) is 19.0 Å². The van der Waals surface area contributed by atoms with E-state index in [1.54, 1.807) is 30.3 Å². The molecule has 33 heavy (non-hydrogen) atoms. The number of likely N-dealkylation sites (N-methyl/N-ethyl adjacent to an activating group) is 1. The summed E-state index contributed by atoms with van der Waals surface area (Å²) in [6, 6.07) is 7.89. The summed E-state index contributed by atoms with van der Waals surface area (Å²) in [6.45, 7) is 1.52. The molecule has 0 saturated heterocycles. The Labute approximate surface area is 211 Å². The Morgan fingerprint density at radius 2 is 1.76 bits per heavy atom. The number of nitrogens with one attached hydrogen (secondary N) is 2. The number of urea groups is 1. The summed E-state index contributed by atoms with van der Waals surface area (Å²) in [5, 5.41) is 16.0. The fourth-order valence-corrected chi connectivity index (χ4v) is 3.34. The number of carboxylic acid groups (broad SMARTS) is 1. The molecule has 2 heterocycles. The first kappa shape index (κ1) is 26.0. The number of nitrogens with zero attached hydrogens (tertiary/aromatic N) is 2. The van der Waals surface area contributed by atoms with Crippen molar-refractivity contribution in [1.82, 2.24) is 20.1 Å². The van der Waals surface area contributed by atoms with Crippen molar-refractivity contribution in [3.05, 3.63) is 76.4 Å². The van der Waals surface area contributed by atoms with Gasteiger partial charge in [0.25, 0.3) is 11.5 Å². The van der Waals surface area contributed by atoms with E-state index in [-0.39, 0.29) is 35.1 Å². The monoisotopic (exact) mass is 460 g/mol. The molecule has 2 unspecified atom stereocenters. The fourth-order valence-electron chi connectivity index (χ4n) is 3.34. The van der Waals surface area contributed by atoms with Crippen molar-refractivity contribution in [2.75, 3.05) is 7.05 Å². The quantitative estimate of drug-likeness (QED) is 0.341. The van der Waals surface area contributed by atoms with E-state index < -0.39 is 42.2 Å². The van der Waals surface area contributed by atoms with Gasteiger partial charge >= 0.3 is 35.6 Å². The predicted octanol–water partition coefficient (Wildman–Crippen LogP) is -3.36. The second-order valence-electron chi connectivity index (χ2n) is 7.31. The zero-order valence-corrected chi connectivity index (χ0v) is 20.4. The Balaban J connectivity index is 0.00000385. The minimum Gasteiger partial charge on any atom is -0.550 e. The first-order chi connectivity index (χ1) is 15.2. The maximum Gasteiger partial charge on any atom is 1.00 e. The summed E-state index contributed by atoms with van der Waals surface area (Å²) in [5.74, 6) is -2.61. The van der Waals surface area contributed by atoms with Crippen LogP contribution in [0.3, 0.4) is 0 Å². The van der Waals surface area contributed by atoms with E-state index in [1.165, 1.54) is 48.0 Å². The van der Waals surface area contributed by atoms with Gasteiger partial charge in [-0.05, 0) is 30.7 Å². The average molecular weight is 460 g/mol. The van der Waals surface area contributed by atoms with Crippen molar-refractivity contribution in [2.24, 2.45) is 0 Å². The molecule has 10 nitrogen and oxygen atoms in total. The number of carboxylic acids is 1. The first-order valence-electron chi connectivity index (χ1n) is 9.71. The fraction of sp³-hybridized carbons (Fsp3) is 0.227. The first-order valence-corrected chi connectivity index (χ1v) is 9.71. The molecule has 0 saturated carbocycles. The number of Topliss-reactive ketones (excluding diaryl/α,β-unsaturated/α-hetero) is 1. The molecule has 0 spiro atoms. The van der Waals surface area contributed by atoms with E-state index >= 15 is 0 Å². The van der Waals surface area contributed by atoms with Crippen LogP contribution in [0.5, 0.6) is 0 Å². The van der Waals surface area contributed by atoms with Gasteiger partial charge in [0.2, 0.25) is 0 Å². The van der Waals surface area contributed by atoms with Gasteiger partial charge in [0.05, 0.1) is 6.04 Å². The molecule has 0 radical (unpaired) electrons. The number of ketones is 1. The van der Waals surface area contributed by atoms with E-state index in [0.29, 0.717) is 16.8 Å². The number of benzene rings is 1. The van der Waals surface area contributed by atoms with E-state index in [2.05, 4.69) is 10.6 Å². The zero-order valence-electron chi connectivity index (χ0n) is 18.4. The van der Waals surface area contributed by atoms with Gasteiger partial charge in [0, 0.05) is 49.2 Å². The molecule has 3 amide bonds. The predicted molar refractivity (Wildman–Crippen MR) is 111 cm³/mol. The molecule has 2 atom stereocenters. The van der Waals surface area contributed by atoms with Gasteiger partial charge in [-0.25, -0.2) is 4.79 Å². The van der Waals surface area contributed by atoms with E-state index in [9.17, 15) is 29.1 Å². The third kappa shape index (κ3) is 6.19. The summed E-state index contributed by atoms with van der Waals surface area (Å²) >= 11 is 0. The zero-order chi connectivity index (χ0) is 23.4. The maximum absolute atomic E-state index is 12.6. The van der Waals surface area contributed by atoms with Crippen LogP contribution in [0.15, 0.2) is 65.2 Å². The number of amides is 3. The Bertz CT molecular complexity index is 1160. The standard InChI is InChI=1S/C22H22N4O6.Na/c1-13-11-25(2)21(31)19(20(13)30)24-22(32)23-16(10-18(28)29)14-8-9-17(27)26(12-14)15-6-4-3-5-7-15;/h3-9,11-12,16,19H,10H2,1-2H3,(H,28,29)(H2,23,24,32);/q;+1/p-1. The molecule has 0 bridgehead atoms. The molecule has 2 N–H and O–H groups in total. The Morgan fingerprint density at radius 3 is 2.39 bits per heavy atom. The topological polar surface area (TPSA) is 141 Å². The number of aromatic nitrogens is 1. The second kappa shape index (κ2) is 11.1. The van der Waals surface area contributed by atoms with Crippen LogP contribution in [0.4, 0.5) is 4.79 Å². The Kier molecular flexibility index (Phi) is 8.75. The minimum atomic E-state index is -1.43. The number of carbonyl (C=O) groups excluding carboxylic acids is 4. The van der Waals surface area contributed by atoms with Crippen molar-refractivity contribution in [1.29, 1.82) is 0 Å². The van der Waals surface area contributed by atoms with Crippen LogP contribution in [-0.4, -0.2) is 46.2 Å². The molecule has 1 aromatic carbocycles. The molecule has 1 aromatic heterocycles. The molecular weight excluding hydrogens is 439 g/mol. The van der Waals surface area contributed by atoms with Crippen molar-refractivity contribution in [3.63, 3.8) is 0 Å². The summed E-state index contributed by atoms with van der Waals surface area (Å²) in [6.07, 6.45) is 2.20. The summed E-state index contributed by atoms with van der Waals surface area (Å²) in [7, 11) is 1.45. The van der Waals surface area contributed by atoms with E-state index in [0.717, 1.165) is 0 Å². The molecule has 0 fully saturated rings. The number of carbonyl (C=O) groups is 4. The number of aliphatic carboxylic acids is 1. The molecular formula is C22H21N4NaO6. The SMILES string of the molecule is CC1=CN(C)C(=O)C(NC(=O)NC(CC(=O)[O-])c2ccc(=O)n(-c3ccccc3)c2)C1=O.[Na+]. The molecule has 11 heteroatoms. The van der Waals surface area contributed by atoms with Gasteiger partial charge in [-0.2, -0.15) is 0 Å². The summed E-state index contributed by atoms with van der Waals surface area (Å²) in [5.41, 5.74) is 0.820. The van der Waals surface area contributed by atoms with E-state index in [4.69, 9.17) is 0 Å². The van der Waals surface area contributed by atoms with Crippen molar-refractivity contribution in [2.45, 2.75) is 25.4 Å². The summed E-state index contributed by atoms with van der Waals surface area (Å²) < 4.78 is 1.31. The summed E-state index contributed by atoms with van der Waals surface area (Å²) in [4.78, 5) is 61.9. The minimum absolute atomic E-state index is 0. The van der Waals surface area contributed by atoms with Crippen LogP contribution in [0.1, 0.15) is 24.9 Å². The normalized spacial score (nSPS) is 16.4. The van der Waals surface area contributed by atoms with Gasteiger partial charge < -0.3 is 25.4 Å². The maximum atomic E-state index is 12.6. The average Bonchev–Trinajstić information content (AvgIpc) is 2.75. The van der Waals surface area contributed by atoms with Crippen LogP contribution in [0.25, 0.3) is 5.69 Å². The van der Waals surface area contributed by atoms with Gasteiger partial charge in [-0.1, -0.05) is 18.2 Å². The van der Waals surface area contributed by atoms with Crippen molar-refractivity contribution < 1.29 is 53.8 Å². The number of hydrogen-bond donors (Lipinski definition) is 2. The van der Waals surface area contributed by atoms with Gasteiger partial charge in [0.1, 0.15) is 0 Å². The van der Waals surface area contributed by atoms with Crippen LogP contribution in [0, 0.1) is 0 Å². The number of hydrogen-bond acceptors (Lipinski definition) is 6. The van der Waals surface area contributed by atoms with Gasteiger partial charge in [-0.15, -0.1) is 0 Å².